The Morgan fingerprint density at radius 1 is 1.19 bits per heavy atom. The van der Waals surface area contributed by atoms with Crippen molar-refractivity contribution < 1.29 is 0 Å². The lowest BCUT2D eigenvalue weighted by atomic mass is 9.97. The normalized spacial score (nSPS) is 11.8. The van der Waals surface area contributed by atoms with Gasteiger partial charge < -0.3 is 5.32 Å². The molecule has 0 bridgehead atoms. The number of nitrogens with one attached hydrogen (secondary N) is 1. The molecular weight excluding hydrogens is 194 g/mol. The highest BCUT2D eigenvalue weighted by Crippen LogP contribution is 2.16. The Morgan fingerprint density at radius 2 is 1.88 bits per heavy atom. The summed E-state index contributed by atoms with van der Waals surface area (Å²) in [4.78, 5) is 0. The van der Waals surface area contributed by atoms with Gasteiger partial charge in [0.15, 0.2) is 0 Å². The Labute approximate surface area is 100 Å². The highest BCUT2D eigenvalue weighted by Gasteiger charge is 2.15. The smallest absolute Gasteiger partial charge is 0.0213 e. The Kier molecular flexibility index (Phi) is 4.55. The Hall–Kier alpha value is -0.820. The molecule has 1 aromatic carbocycles. The van der Waals surface area contributed by atoms with Gasteiger partial charge in [-0.15, -0.1) is 0 Å². The lowest BCUT2D eigenvalue weighted by Crippen LogP contribution is -2.38. The fourth-order valence-electron chi connectivity index (χ4n) is 2.05. The number of benzene rings is 1. The van der Waals surface area contributed by atoms with Gasteiger partial charge in [-0.2, -0.15) is 0 Å². The van der Waals surface area contributed by atoms with Crippen LogP contribution in [0.1, 0.15) is 50.3 Å². The van der Waals surface area contributed by atoms with Crippen LogP contribution in [0.5, 0.6) is 0 Å². The van der Waals surface area contributed by atoms with Crippen LogP contribution in [0.2, 0.25) is 0 Å². The standard InChI is InChI=1S/C15H25N/c1-6-10-15(4,5)16-11-14-9-7-8-12(2)13(14)3/h7-9,16H,6,10-11H2,1-5H3. The average molecular weight is 219 g/mol. The van der Waals surface area contributed by atoms with Gasteiger partial charge in [0, 0.05) is 12.1 Å². The van der Waals surface area contributed by atoms with Gasteiger partial charge in [-0.3, -0.25) is 0 Å². The third-order valence-electron chi connectivity index (χ3n) is 3.35. The number of rotatable bonds is 5. The number of aryl methyl sites for hydroxylation is 1. The van der Waals surface area contributed by atoms with E-state index in [1.807, 2.05) is 0 Å². The van der Waals surface area contributed by atoms with Crippen molar-refractivity contribution in [1.29, 1.82) is 0 Å². The van der Waals surface area contributed by atoms with Gasteiger partial charge >= 0.3 is 0 Å². The summed E-state index contributed by atoms with van der Waals surface area (Å²) in [6.45, 7) is 12.2. The van der Waals surface area contributed by atoms with Crippen LogP contribution in [-0.4, -0.2) is 5.54 Å². The molecule has 0 saturated carbocycles. The SMILES string of the molecule is CCCC(C)(C)NCc1cccc(C)c1C. The predicted octanol–water partition coefficient (Wildman–Crippen LogP) is 3.97. The van der Waals surface area contributed by atoms with E-state index in [-0.39, 0.29) is 5.54 Å². The maximum atomic E-state index is 3.64. The van der Waals surface area contributed by atoms with E-state index in [9.17, 15) is 0 Å². The van der Waals surface area contributed by atoms with Gasteiger partial charge in [0.25, 0.3) is 0 Å². The molecule has 1 aromatic rings. The van der Waals surface area contributed by atoms with Crippen molar-refractivity contribution in [3.8, 4) is 0 Å². The van der Waals surface area contributed by atoms with Gasteiger partial charge in [0.05, 0.1) is 0 Å². The van der Waals surface area contributed by atoms with Crippen LogP contribution in [-0.2, 0) is 6.54 Å². The van der Waals surface area contributed by atoms with Crippen molar-refractivity contribution in [2.45, 2.75) is 59.5 Å². The second-order valence-corrected chi connectivity index (χ2v) is 5.35. The molecule has 0 atom stereocenters. The maximum absolute atomic E-state index is 3.64. The highest BCUT2D eigenvalue weighted by molar-refractivity contribution is 5.33. The summed E-state index contributed by atoms with van der Waals surface area (Å²) < 4.78 is 0. The molecule has 0 spiro atoms. The molecule has 1 N–H and O–H groups in total. The third-order valence-corrected chi connectivity index (χ3v) is 3.35. The maximum Gasteiger partial charge on any atom is 0.0213 e. The van der Waals surface area contributed by atoms with Crippen molar-refractivity contribution >= 4 is 0 Å². The van der Waals surface area contributed by atoms with Crippen LogP contribution in [0.25, 0.3) is 0 Å². The van der Waals surface area contributed by atoms with E-state index in [1.54, 1.807) is 0 Å². The summed E-state index contributed by atoms with van der Waals surface area (Å²) in [5.74, 6) is 0. The highest BCUT2D eigenvalue weighted by atomic mass is 14.9. The average Bonchev–Trinajstić information content (AvgIpc) is 2.20. The first kappa shape index (κ1) is 13.2. The summed E-state index contributed by atoms with van der Waals surface area (Å²) >= 11 is 0. The van der Waals surface area contributed by atoms with Crippen LogP contribution in [0.3, 0.4) is 0 Å². The molecule has 0 aliphatic heterocycles. The summed E-state index contributed by atoms with van der Waals surface area (Å²) in [6.07, 6.45) is 2.45. The molecular formula is C15H25N. The topological polar surface area (TPSA) is 12.0 Å². The van der Waals surface area contributed by atoms with Gasteiger partial charge in [0.2, 0.25) is 0 Å². The summed E-state index contributed by atoms with van der Waals surface area (Å²) in [6, 6.07) is 6.54. The third kappa shape index (κ3) is 3.64. The fraction of sp³-hybridized carbons (Fsp3) is 0.600. The zero-order chi connectivity index (χ0) is 12.2. The molecule has 0 saturated heterocycles. The van der Waals surface area contributed by atoms with Crippen molar-refractivity contribution in [2.75, 3.05) is 0 Å². The van der Waals surface area contributed by atoms with E-state index in [2.05, 4.69) is 58.1 Å². The Bertz CT molecular complexity index is 339. The fourth-order valence-corrected chi connectivity index (χ4v) is 2.05. The predicted molar refractivity (Wildman–Crippen MR) is 71.7 cm³/mol. The monoisotopic (exact) mass is 219 g/mol. The van der Waals surface area contributed by atoms with E-state index >= 15 is 0 Å². The molecule has 16 heavy (non-hydrogen) atoms. The van der Waals surface area contributed by atoms with Crippen molar-refractivity contribution in [2.24, 2.45) is 0 Å². The molecule has 0 amide bonds. The molecule has 1 heteroatoms. The largest absolute Gasteiger partial charge is 0.308 e. The van der Waals surface area contributed by atoms with Gasteiger partial charge in [-0.25, -0.2) is 0 Å². The molecule has 0 aromatic heterocycles. The first-order chi connectivity index (χ1) is 7.46. The van der Waals surface area contributed by atoms with Crippen molar-refractivity contribution in [1.82, 2.24) is 5.32 Å². The van der Waals surface area contributed by atoms with E-state index in [1.165, 1.54) is 29.5 Å². The second-order valence-electron chi connectivity index (χ2n) is 5.35. The zero-order valence-electron chi connectivity index (χ0n) is 11.4. The molecule has 1 nitrogen and oxygen atoms in total. The molecule has 0 radical (unpaired) electrons. The summed E-state index contributed by atoms with van der Waals surface area (Å²) in [5.41, 5.74) is 4.46. The molecule has 0 aliphatic carbocycles. The van der Waals surface area contributed by atoms with Crippen LogP contribution in [0.15, 0.2) is 18.2 Å². The van der Waals surface area contributed by atoms with Gasteiger partial charge in [-0.05, 0) is 50.8 Å². The van der Waals surface area contributed by atoms with E-state index in [0.29, 0.717) is 0 Å². The minimum Gasteiger partial charge on any atom is -0.308 e. The van der Waals surface area contributed by atoms with E-state index < -0.39 is 0 Å². The van der Waals surface area contributed by atoms with E-state index in [4.69, 9.17) is 0 Å². The quantitative estimate of drug-likeness (QED) is 0.790. The first-order valence-electron chi connectivity index (χ1n) is 6.26. The van der Waals surface area contributed by atoms with Gasteiger partial charge in [0.1, 0.15) is 0 Å². The lowest BCUT2D eigenvalue weighted by Gasteiger charge is -2.26. The molecule has 0 unspecified atom stereocenters. The summed E-state index contributed by atoms with van der Waals surface area (Å²) in [5, 5.41) is 3.64. The Balaban J connectivity index is 2.64. The molecule has 90 valence electrons. The van der Waals surface area contributed by atoms with Crippen LogP contribution >= 0.6 is 0 Å². The van der Waals surface area contributed by atoms with Crippen molar-refractivity contribution in [3.05, 3.63) is 34.9 Å². The minimum absolute atomic E-state index is 0.241. The van der Waals surface area contributed by atoms with Crippen LogP contribution in [0.4, 0.5) is 0 Å². The zero-order valence-corrected chi connectivity index (χ0v) is 11.4. The molecule has 0 aliphatic rings. The first-order valence-corrected chi connectivity index (χ1v) is 6.26. The summed E-state index contributed by atoms with van der Waals surface area (Å²) in [7, 11) is 0. The van der Waals surface area contributed by atoms with Crippen LogP contribution in [0, 0.1) is 13.8 Å². The Morgan fingerprint density at radius 3 is 2.50 bits per heavy atom. The molecule has 1 rings (SSSR count). The minimum atomic E-state index is 0.241. The van der Waals surface area contributed by atoms with Crippen LogP contribution < -0.4 is 5.32 Å². The lowest BCUT2D eigenvalue weighted by molar-refractivity contribution is 0.356. The number of hydrogen-bond donors (Lipinski definition) is 1. The van der Waals surface area contributed by atoms with Crippen molar-refractivity contribution in [3.63, 3.8) is 0 Å². The number of hydrogen-bond acceptors (Lipinski definition) is 1. The second kappa shape index (κ2) is 5.49. The molecule has 0 fully saturated rings. The van der Waals surface area contributed by atoms with E-state index in [0.717, 1.165) is 6.54 Å². The van der Waals surface area contributed by atoms with Gasteiger partial charge in [-0.1, -0.05) is 31.5 Å². The molecule has 0 heterocycles.